The Bertz CT molecular complexity index is 853. The zero-order chi connectivity index (χ0) is 14.3. The van der Waals surface area contributed by atoms with E-state index in [0.717, 1.165) is 11.7 Å². The number of nitrogens with zero attached hydrogens (tertiary/aromatic N) is 3. The van der Waals surface area contributed by atoms with Crippen LogP contribution in [-0.4, -0.2) is 8.75 Å². The molecule has 3 rings (SSSR count). The lowest BCUT2D eigenvalue weighted by Crippen LogP contribution is -1.94. The van der Waals surface area contributed by atoms with E-state index in [2.05, 4.69) is 24.7 Å². The SMILES string of the molecule is N#Cc1ccc(-c2c(F)c(F)c(Br)c3nsnc23)cc1. The molecule has 0 aliphatic heterocycles. The van der Waals surface area contributed by atoms with Gasteiger partial charge in [-0.1, -0.05) is 12.1 Å². The van der Waals surface area contributed by atoms with E-state index in [1.807, 2.05) is 6.07 Å². The van der Waals surface area contributed by atoms with Crippen molar-refractivity contribution >= 4 is 38.7 Å². The zero-order valence-corrected chi connectivity index (χ0v) is 12.1. The molecule has 2 aromatic carbocycles. The summed E-state index contributed by atoms with van der Waals surface area (Å²) in [6.07, 6.45) is 0. The maximum absolute atomic E-state index is 14.2. The summed E-state index contributed by atoms with van der Waals surface area (Å²) in [6, 6.07) is 8.17. The molecule has 0 unspecified atom stereocenters. The van der Waals surface area contributed by atoms with Gasteiger partial charge in [-0.05, 0) is 33.6 Å². The molecule has 98 valence electrons. The Balaban J connectivity index is 2.35. The number of halogens is 3. The van der Waals surface area contributed by atoms with Gasteiger partial charge in [0.2, 0.25) is 0 Å². The van der Waals surface area contributed by atoms with Crippen LogP contribution in [-0.2, 0) is 0 Å². The number of hydrogen-bond acceptors (Lipinski definition) is 4. The van der Waals surface area contributed by atoms with Gasteiger partial charge in [0.05, 0.1) is 27.8 Å². The van der Waals surface area contributed by atoms with Gasteiger partial charge in [-0.25, -0.2) is 8.78 Å². The van der Waals surface area contributed by atoms with Crippen LogP contribution in [0.4, 0.5) is 8.78 Å². The summed E-state index contributed by atoms with van der Waals surface area (Å²) in [5.74, 6) is -1.98. The Morgan fingerprint density at radius 3 is 2.35 bits per heavy atom. The lowest BCUT2D eigenvalue weighted by molar-refractivity contribution is 0.509. The van der Waals surface area contributed by atoms with Crippen LogP contribution in [0.2, 0.25) is 0 Å². The van der Waals surface area contributed by atoms with Crippen LogP contribution in [0.25, 0.3) is 22.2 Å². The summed E-state index contributed by atoms with van der Waals surface area (Å²) >= 11 is 3.87. The lowest BCUT2D eigenvalue weighted by Gasteiger charge is -2.07. The minimum absolute atomic E-state index is 0.0313. The van der Waals surface area contributed by atoms with Gasteiger partial charge in [-0.2, -0.15) is 14.0 Å². The molecule has 7 heteroatoms. The van der Waals surface area contributed by atoms with Gasteiger partial charge in [0.25, 0.3) is 0 Å². The summed E-state index contributed by atoms with van der Waals surface area (Å²) in [4.78, 5) is 0. The van der Waals surface area contributed by atoms with E-state index in [-0.39, 0.29) is 15.6 Å². The Hall–Kier alpha value is -1.91. The average molecular weight is 352 g/mol. The standard InChI is InChI=1S/C13H4BrF2N3S/c14-9-11(16)10(15)8(12-13(9)19-20-18-12)7-3-1-6(5-17)2-4-7/h1-4H. The molecule has 0 spiro atoms. The highest BCUT2D eigenvalue weighted by atomic mass is 79.9. The number of nitriles is 1. The molecule has 0 aliphatic carbocycles. The third kappa shape index (κ3) is 1.88. The Labute approximate surface area is 124 Å². The number of aromatic nitrogens is 2. The normalized spacial score (nSPS) is 10.7. The van der Waals surface area contributed by atoms with Gasteiger partial charge >= 0.3 is 0 Å². The van der Waals surface area contributed by atoms with Crippen LogP contribution in [0.1, 0.15) is 5.56 Å². The van der Waals surface area contributed by atoms with Crippen molar-refractivity contribution in [3.63, 3.8) is 0 Å². The van der Waals surface area contributed by atoms with E-state index in [9.17, 15) is 8.78 Å². The number of benzene rings is 2. The largest absolute Gasteiger partial charge is 0.203 e. The molecule has 3 nitrogen and oxygen atoms in total. The molecule has 20 heavy (non-hydrogen) atoms. The Morgan fingerprint density at radius 1 is 1.05 bits per heavy atom. The van der Waals surface area contributed by atoms with Crippen molar-refractivity contribution in [2.24, 2.45) is 0 Å². The molecular weight excluding hydrogens is 348 g/mol. The Kier molecular flexibility index (Phi) is 3.20. The van der Waals surface area contributed by atoms with Crippen LogP contribution in [0.15, 0.2) is 28.7 Å². The van der Waals surface area contributed by atoms with Gasteiger partial charge in [0.1, 0.15) is 11.0 Å². The fourth-order valence-corrected chi connectivity index (χ4v) is 3.01. The predicted molar refractivity (Wildman–Crippen MR) is 75.2 cm³/mol. The average Bonchev–Trinajstić information content (AvgIpc) is 2.95. The zero-order valence-electron chi connectivity index (χ0n) is 9.69. The molecule has 3 aromatic rings. The van der Waals surface area contributed by atoms with Crippen molar-refractivity contribution in [3.05, 3.63) is 45.9 Å². The fraction of sp³-hybridized carbons (Fsp3) is 0. The van der Waals surface area contributed by atoms with Crippen LogP contribution >= 0.6 is 27.7 Å². The molecular formula is C13H4BrF2N3S. The minimum atomic E-state index is -0.996. The van der Waals surface area contributed by atoms with Gasteiger partial charge in [-0.3, -0.25) is 0 Å². The van der Waals surface area contributed by atoms with Crippen LogP contribution in [0, 0.1) is 23.0 Å². The third-order valence-electron chi connectivity index (χ3n) is 2.84. The second-order valence-corrected chi connectivity index (χ2v) is 5.29. The van der Waals surface area contributed by atoms with E-state index in [1.54, 1.807) is 24.3 Å². The molecule has 0 saturated heterocycles. The maximum Gasteiger partial charge on any atom is 0.176 e. The maximum atomic E-state index is 14.2. The predicted octanol–water partition coefficient (Wildman–Crippen LogP) is 4.27. The summed E-state index contributed by atoms with van der Waals surface area (Å²) in [7, 11) is 0. The molecule has 0 bridgehead atoms. The van der Waals surface area contributed by atoms with Gasteiger partial charge in [0, 0.05) is 5.56 Å². The fourth-order valence-electron chi connectivity index (χ4n) is 1.89. The van der Waals surface area contributed by atoms with Crippen LogP contribution < -0.4 is 0 Å². The number of fused-ring (bicyclic) bond motifs is 1. The van der Waals surface area contributed by atoms with E-state index in [1.165, 1.54) is 0 Å². The lowest BCUT2D eigenvalue weighted by atomic mass is 10.0. The molecule has 0 atom stereocenters. The monoisotopic (exact) mass is 351 g/mol. The topological polar surface area (TPSA) is 49.6 Å². The second kappa shape index (κ2) is 4.89. The van der Waals surface area contributed by atoms with Crippen molar-refractivity contribution in [1.82, 2.24) is 8.75 Å². The van der Waals surface area contributed by atoms with E-state index in [4.69, 9.17) is 5.26 Å². The van der Waals surface area contributed by atoms with E-state index >= 15 is 0 Å². The number of rotatable bonds is 1. The first-order valence-corrected chi connectivity index (χ1v) is 6.95. The Morgan fingerprint density at radius 2 is 1.70 bits per heavy atom. The second-order valence-electron chi connectivity index (χ2n) is 3.97. The molecule has 0 amide bonds. The molecule has 1 heterocycles. The molecule has 0 radical (unpaired) electrons. The molecule has 0 aliphatic rings. The minimum Gasteiger partial charge on any atom is -0.203 e. The van der Waals surface area contributed by atoms with Crippen molar-refractivity contribution in [1.29, 1.82) is 5.26 Å². The molecule has 0 saturated carbocycles. The highest BCUT2D eigenvalue weighted by Gasteiger charge is 2.22. The van der Waals surface area contributed by atoms with Crippen LogP contribution in [0.5, 0.6) is 0 Å². The van der Waals surface area contributed by atoms with E-state index < -0.39 is 11.6 Å². The van der Waals surface area contributed by atoms with Crippen molar-refractivity contribution < 1.29 is 8.78 Å². The quantitative estimate of drug-likeness (QED) is 0.615. The summed E-state index contributed by atoms with van der Waals surface area (Å²) in [5, 5.41) is 8.76. The van der Waals surface area contributed by atoms with E-state index in [0.29, 0.717) is 16.6 Å². The van der Waals surface area contributed by atoms with Crippen molar-refractivity contribution in [2.45, 2.75) is 0 Å². The first-order chi connectivity index (χ1) is 9.63. The van der Waals surface area contributed by atoms with Crippen molar-refractivity contribution in [3.8, 4) is 17.2 Å². The van der Waals surface area contributed by atoms with Crippen LogP contribution in [0.3, 0.4) is 0 Å². The molecule has 0 fully saturated rings. The first-order valence-electron chi connectivity index (χ1n) is 5.42. The van der Waals surface area contributed by atoms with Gasteiger partial charge < -0.3 is 0 Å². The van der Waals surface area contributed by atoms with Gasteiger partial charge in [-0.15, -0.1) is 0 Å². The summed E-state index contributed by atoms with van der Waals surface area (Å²) in [5.41, 5.74) is 1.53. The van der Waals surface area contributed by atoms with Crippen molar-refractivity contribution in [2.75, 3.05) is 0 Å². The highest BCUT2D eigenvalue weighted by molar-refractivity contribution is 9.10. The summed E-state index contributed by atoms with van der Waals surface area (Å²) < 4.78 is 36.1. The highest BCUT2D eigenvalue weighted by Crippen LogP contribution is 2.37. The first kappa shape index (κ1) is 13.1. The third-order valence-corrected chi connectivity index (χ3v) is 4.09. The molecule has 0 N–H and O–H groups in total. The summed E-state index contributed by atoms with van der Waals surface area (Å²) in [6.45, 7) is 0. The van der Waals surface area contributed by atoms with Gasteiger partial charge in [0.15, 0.2) is 11.6 Å². The molecule has 1 aromatic heterocycles. The smallest absolute Gasteiger partial charge is 0.176 e. The number of hydrogen-bond donors (Lipinski definition) is 0.